The van der Waals surface area contributed by atoms with E-state index in [0.717, 1.165) is 5.56 Å². The van der Waals surface area contributed by atoms with Crippen molar-refractivity contribution in [2.45, 2.75) is 38.7 Å². The summed E-state index contributed by atoms with van der Waals surface area (Å²) in [5.74, 6) is -0.500. The maximum absolute atomic E-state index is 15.0. The summed E-state index contributed by atoms with van der Waals surface area (Å²) in [6.45, 7) is 3.65. The number of carbonyl (C=O) groups is 1. The maximum Gasteiger partial charge on any atom is 0.176 e. The standard InChI is InChI=1S/C27H23FN4O2/c1-15-21-8-7-20-23(19-5-3-4-6-22(19)28)31-26(16-9-10-30-18(11-16)14-33)32-25(20)27(21,2)12-17(13-29)24(15)34/h3-6,9-12,15,21,33H,7-8,14H2,1-2H3/t15-,21-,27-/m1/s1. The van der Waals surface area contributed by atoms with E-state index in [1.54, 1.807) is 42.6 Å². The minimum absolute atomic E-state index is 0.0359. The molecule has 2 heterocycles. The highest BCUT2D eigenvalue weighted by Crippen LogP contribution is 2.51. The average Bonchev–Trinajstić information content (AvgIpc) is 2.86. The number of halogens is 1. The third-order valence-electron chi connectivity index (χ3n) is 7.21. The number of aliphatic hydroxyl groups is 1. The van der Waals surface area contributed by atoms with Gasteiger partial charge < -0.3 is 5.11 Å². The van der Waals surface area contributed by atoms with Crippen LogP contribution >= 0.6 is 0 Å². The smallest absolute Gasteiger partial charge is 0.176 e. The Balaban J connectivity index is 1.83. The zero-order valence-electron chi connectivity index (χ0n) is 18.9. The molecule has 5 rings (SSSR count). The summed E-state index contributed by atoms with van der Waals surface area (Å²) in [4.78, 5) is 26.6. The normalized spacial score (nSPS) is 23.5. The second-order valence-corrected chi connectivity index (χ2v) is 9.15. The van der Waals surface area contributed by atoms with Gasteiger partial charge in [-0.2, -0.15) is 5.26 Å². The molecule has 0 amide bonds. The Morgan fingerprint density at radius 2 is 2.06 bits per heavy atom. The van der Waals surface area contributed by atoms with Crippen LogP contribution in [-0.4, -0.2) is 25.8 Å². The van der Waals surface area contributed by atoms with E-state index in [1.807, 2.05) is 13.8 Å². The number of aromatic nitrogens is 3. The molecule has 2 aliphatic rings. The maximum atomic E-state index is 15.0. The van der Waals surface area contributed by atoms with Crippen molar-refractivity contribution in [2.24, 2.45) is 11.8 Å². The van der Waals surface area contributed by atoms with Gasteiger partial charge in [-0.05, 0) is 43.0 Å². The lowest BCUT2D eigenvalue weighted by Gasteiger charge is -2.45. The number of fused-ring (bicyclic) bond motifs is 3. The lowest BCUT2D eigenvalue weighted by molar-refractivity contribution is -0.121. The minimum atomic E-state index is -0.684. The van der Waals surface area contributed by atoms with Gasteiger partial charge in [0.05, 0.1) is 29.3 Å². The van der Waals surface area contributed by atoms with E-state index in [4.69, 9.17) is 9.97 Å². The Bertz CT molecular complexity index is 1390. The number of carbonyl (C=O) groups excluding carboxylic acids is 1. The molecule has 0 radical (unpaired) electrons. The molecule has 6 nitrogen and oxygen atoms in total. The van der Waals surface area contributed by atoms with E-state index in [2.05, 4.69) is 11.1 Å². The van der Waals surface area contributed by atoms with Crippen molar-refractivity contribution >= 4 is 5.78 Å². The van der Waals surface area contributed by atoms with Crippen molar-refractivity contribution in [1.29, 1.82) is 5.26 Å². The van der Waals surface area contributed by atoms with Gasteiger partial charge in [0, 0.05) is 34.2 Å². The van der Waals surface area contributed by atoms with Crippen LogP contribution in [0.25, 0.3) is 22.6 Å². The molecule has 0 spiro atoms. The van der Waals surface area contributed by atoms with Crippen molar-refractivity contribution in [3.05, 3.63) is 77.0 Å². The van der Waals surface area contributed by atoms with Gasteiger partial charge >= 0.3 is 0 Å². The molecule has 2 aliphatic carbocycles. The molecule has 0 saturated heterocycles. The Morgan fingerprint density at radius 3 is 2.79 bits per heavy atom. The van der Waals surface area contributed by atoms with Gasteiger partial charge in [0.1, 0.15) is 11.9 Å². The van der Waals surface area contributed by atoms with E-state index in [-0.39, 0.29) is 35.6 Å². The van der Waals surface area contributed by atoms with Gasteiger partial charge in [0.2, 0.25) is 0 Å². The molecule has 7 heteroatoms. The van der Waals surface area contributed by atoms with E-state index < -0.39 is 5.41 Å². The number of nitriles is 1. The van der Waals surface area contributed by atoms with Crippen molar-refractivity contribution in [3.63, 3.8) is 0 Å². The van der Waals surface area contributed by atoms with Crippen LogP contribution in [0.3, 0.4) is 0 Å². The molecule has 0 unspecified atom stereocenters. The van der Waals surface area contributed by atoms with E-state index in [9.17, 15) is 19.6 Å². The summed E-state index contributed by atoms with van der Waals surface area (Å²) >= 11 is 0. The Kier molecular flexibility index (Phi) is 5.34. The third-order valence-corrected chi connectivity index (χ3v) is 7.21. The van der Waals surface area contributed by atoms with Gasteiger partial charge in [-0.15, -0.1) is 0 Å². The summed E-state index contributed by atoms with van der Waals surface area (Å²) in [7, 11) is 0. The van der Waals surface area contributed by atoms with Crippen LogP contribution < -0.4 is 0 Å². The summed E-state index contributed by atoms with van der Waals surface area (Å²) in [6.07, 6.45) is 4.63. The number of benzene rings is 1. The lowest BCUT2D eigenvalue weighted by atomic mass is 9.57. The van der Waals surface area contributed by atoms with Crippen molar-refractivity contribution in [2.75, 3.05) is 0 Å². The second-order valence-electron chi connectivity index (χ2n) is 9.15. The number of ketones is 1. The van der Waals surface area contributed by atoms with Crippen molar-refractivity contribution in [1.82, 2.24) is 15.0 Å². The number of hydrogen-bond acceptors (Lipinski definition) is 6. The number of allylic oxidation sites excluding steroid dienone is 2. The van der Waals surface area contributed by atoms with Crippen molar-refractivity contribution in [3.8, 4) is 28.7 Å². The third kappa shape index (κ3) is 3.34. The predicted octanol–water partition coefficient (Wildman–Crippen LogP) is 4.33. The summed E-state index contributed by atoms with van der Waals surface area (Å²) < 4.78 is 15.0. The van der Waals surface area contributed by atoms with Crippen LogP contribution in [0.2, 0.25) is 0 Å². The van der Waals surface area contributed by atoms with Crippen LogP contribution in [0.4, 0.5) is 4.39 Å². The number of hydrogen-bond donors (Lipinski definition) is 1. The van der Waals surface area contributed by atoms with E-state index in [0.29, 0.717) is 46.9 Å². The monoisotopic (exact) mass is 454 g/mol. The quantitative estimate of drug-likeness (QED) is 0.633. The fourth-order valence-corrected chi connectivity index (χ4v) is 5.48. The summed E-state index contributed by atoms with van der Waals surface area (Å²) in [5, 5.41) is 19.2. The van der Waals surface area contributed by atoms with Gasteiger partial charge in [-0.25, -0.2) is 14.4 Å². The van der Waals surface area contributed by atoms with Crippen molar-refractivity contribution < 1.29 is 14.3 Å². The molecule has 34 heavy (non-hydrogen) atoms. The number of rotatable bonds is 3. The first-order chi connectivity index (χ1) is 16.4. The molecule has 0 bridgehead atoms. The van der Waals surface area contributed by atoms with Crippen LogP contribution in [0.1, 0.15) is 37.2 Å². The number of pyridine rings is 1. The molecule has 3 aromatic rings. The largest absolute Gasteiger partial charge is 0.390 e. The molecule has 170 valence electrons. The fourth-order valence-electron chi connectivity index (χ4n) is 5.48. The molecule has 0 fully saturated rings. The molecule has 0 aliphatic heterocycles. The van der Waals surface area contributed by atoms with E-state index >= 15 is 0 Å². The topological polar surface area (TPSA) is 99.8 Å². The molecule has 2 aromatic heterocycles. The minimum Gasteiger partial charge on any atom is -0.390 e. The number of nitrogens with zero attached hydrogens (tertiary/aromatic N) is 4. The lowest BCUT2D eigenvalue weighted by Crippen LogP contribution is -2.46. The second kappa shape index (κ2) is 8.23. The van der Waals surface area contributed by atoms with Gasteiger partial charge in [-0.3, -0.25) is 9.78 Å². The first-order valence-electron chi connectivity index (χ1n) is 11.3. The molecular weight excluding hydrogens is 431 g/mol. The molecular formula is C27H23FN4O2. The van der Waals surface area contributed by atoms with Gasteiger partial charge in [-0.1, -0.05) is 32.1 Å². The number of Topliss-reactive ketones (excluding diaryl/α,β-unsaturated/α-hetero) is 1. The predicted molar refractivity (Wildman–Crippen MR) is 124 cm³/mol. The van der Waals surface area contributed by atoms with Gasteiger partial charge in [0.25, 0.3) is 0 Å². The van der Waals surface area contributed by atoms with Crippen LogP contribution in [0.5, 0.6) is 0 Å². The molecule has 3 atom stereocenters. The Morgan fingerprint density at radius 1 is 1.26 bits per heavy atom. The molecule has 1 aromatic carbocycles. The Hall–Kier alpha value is -3.76. The highest BCUT2D eigenvalue weighted by atomic mass is 19.1. The number of aliphatic hydroxyl groups excluding tert-OH is 1. The summed E-state index contributed by atoms with van der Waals surface area (Å²) in [5.41, 5.74) is 3.01. The molecule has 1 N–H and O–H groups in total. The molecule has 0 saturated carbocycles. The first-order valence-corrected chi connectivity index (χ1v) is 11.3. The fraction of sp³-hybridized carbons (Fsp3) is 0.296. The van der Waals surface area contributed by atoms with E-state index in [1.165, 1.54) is 6.07 Å². The zero-order valence-corrected chi connectivity index (χ0v) is 18.9. The highest BCUT2D eigenvalue weighted by molar-refractivity contribution is 6.02. The van der Waals surface area contributed by atoms with Crippen LogP contribution in [0.15, 0.2) is 54.2 Å². The van der Waals surface area contributed by atoms with Gasteiger partial charge in [0.15, 0.2) is 11.6 Å². The average molecular weight is 455 g/mol. The Labute approximate surface area is 196 Å². The highest BCUT2D eigenvalue weighted by Gasteiger charge is 2.49. The summed E-state index contributed by atoms with van der Waals surface area (Å²) in [6, 6.07) is 12.0. The van der Waals surface area contributed by atoms with Crippen LogP contribution in [0, 0.1) is 29.0 Å². The van der Waals surface area contributed by atoms with Crippen LogP contribution in [-0.2, 0) is 23.2 Å². The zero-order chi connectivity index (χ0) is 24.0. The SMILES string of the molecule is C[C@H]1C(=O)C(C#N)=C[C@@]2(C)c3nc(-c4ccnc(CO)c4)nc(-c4ccccc4F)c3CC[C@H]12. The first kappa shape index (κ1) is 22.1.